The summed E-state index contributed by atoms with van der Waals surface area (Å²) in [6, 6.07) is 0. The molecule has 1 aromatic heterocycles. The second kappa shape index (κ2) is 4.71. The van der Waals surface area contributed by atoms with Gasteiger partial charge in [0, 0.05) is 17.3 Å². The number of hydrogen-bond donors (Lipinski definition) is 2. The van der Waals surface area contributed by atoms with Crippen molar-refractivity contribution in [2.24, 2.45) is 0 Å². The van der Waals surface area contributed by atoms with Gasteiger partial charge in [-0.3, -0.25) is 0 Å². The van der Waals surface area contributed by atoms with E-state index in [0.29, 0.717) is 5.75 Å². The summed E-state index contributed by atoms with van der Waals surface area (Å²) in [5.74, 6) is 0.504. The predicted molar refractivity (Wildman–Crippen MR) is 45.9 cm³/mol. The van der Waals surface area contributed by atoms with Gasteiger partial charge in [0.1, 0.15) is 4.34 Å². The molecule has 0 aliphatic carbocycles. The van der Waals surface area contributed by atoms with Crippen molar-refractivity contribution in [1.82, 2.24) is 4.98 Å². The van der Waals surface area contributed by atoms with Crippen molar-refractivity contribution in [2.75, 3.05) is 12.4 Å². The summed E-state index contributed by atoms with van der Waals surface area (Å²) in [6.45, 7) is -0.182. The molecular formula is C6H9NO2S2. The first-order valence-corrected chi connectivity index (χ1v) is 5.00. The van der Waals surface area contributed by atoms with Crippen LogP contribution in [0.3, 0.4) is 0 Å². The van der Waals surface area contributed by atoms with Crippen LogP contribution in [0.5, 0.6) is 0 Å². The summed E-state index contributed by atoms with van der Waals surface area (Å²) >= 11 is 2.99. The van der Waals surface area contributed by atoms with Crippen LogP contribution in [0.2, 0.25) is 0 Å². The second-order valence-corrected chi connectivity index (χ2v) is 4.11. The van der Waals surface area contributed by atoms with Crippen LogP contribution in [-0.2, 0) is 0 Å². The molecule has 3 nitrogen and oxygen atoms in total. The van der Waals surface area contributed by atoms with Gasteiger partial charge in [-0.1, -0.05) is 11.8 Å². The topological polar surface area (TPSA) is 53.4 Å². The van der Waals surface area contributed by atoms with E-state index in [9.17, 15) is 0 Å². The van der Waals surface area contributed by atoms with Crippen LogP contribution in [0.15, 0.2) is 15.9 Å². The molecule has 0 radical (unpaired) electrons. The fourth-order valence-electron chi connectivity index (χ4n) is 0.502. The third-order valence-electron chi connectivity index (χ3n) is 1.02. The lowest BCUT2D eigenvalue weighted by Crippen LogP contribution is -2.14. The number of aromatic nitrogens is 1. The molecule has 2 N–H and O–H groups in total. The van der Waals surface area contributed by atoms with E-state index >= 15 is 0 Å². The molecule has 1 rings (SSSR count). The maximum atomic E-state index is 8.96. The highest BCUT2D eigenvalue weighted by Gasteiger charge is 2.03. The zero-order chi connectivity index (χ0) is 8.10. The maximum Gasteiger partial charge on any atom is 0.149 e. The Labute approximate surface area is 73.1 Å². The zero-order valence-corrected chi connectivity index (χ0v) is 7.44. The molecule has 0 bridgehead atoms. The molecule has 0 saturated heterocycles. The molecule has 0 aromatic carbocycles. The summed E-state index contributed by atoms with van der Waals surface area (Å²) in [4.78, 5) is 4.01. The van der Waals surface area contributed by atoms with E-state index in [1.165, 1.54) is 23.1 Å². The smallest absolute Gasteiger partial charge is 0.149 e. The van der Waals surface area contributed by atoms with Gasteiger partial charge in [0.05, 0.1) is 12.7 Å². The van der Waals surface area contributed by atoms with Gasteiger partial charge in [-0.2, -0.15) is 0 Å². The number of thiazole rings is 1. The van der Waals surface area contributed by atoms with Crippen molar-refractivity contribution in [3.63, 3.8) is 0 Å². The first-order valence-electron chi connectivity index (χ1n) is 3.14. The Morgan fingerprint density at radius 2 is 2.55 bits per heavy atom. The normalized spacial score (nSPS) is 13.3. The molecule has 0 spiro atoms. The van der Waals surface area contributed by atoms with Gasteiger partial charge in [-0.05, 0) is 0 Å². The number of aliphatic hydroxyl groups is 2. The third kappa shape index (κ3) is 3.20. The molecular weight excluding hydrogens is 182 g/mol. The average molecular weight is 191 g/mol. The van der Waals surface area contributed by atoms with E-state index in [1.54, 1.807) is 6.20 Å². The van der Waals surface area contributed by atoms with Crippen LogP contribution < -0.4 is 0 Å². The number of hydrogen-bond acceptors (Lipinski definition) is 5. The van der Waals surface area contributed by atoms with Crippen molar-refractivity contribution < 1.29 is 10.2 Å². The minimum Gasteiger partial charge on any atom is -0.394 e. The van der Waals surface area contributed by atoms with Crippen LogP contribution in [-0.4, -0.2) is 33.7 Å². The summed E-state index contributed by atoms with van der Waals surface area (Å²) in [5.41, 5.74) is 0. The molecule has 62 valence electrons. The van der Waals surface area contributed by atoms with Crippen molar-refractivity contribution >= 4 is 23.1 Å². The highest BCUT2D eigenvalue weighted by Crippen LogP contribution is 2.20. The molecule has 1 aromatic rings. The Hall–Kier alpha value is -0.100. The van der Waals surface area contributed by atoms with Gasteiger partial charge < -0.3 is 10.2 Å². The maximum absolute atomic E-state index is 8.96. The summed E-state index contributed by atoms with van der Waals surface area (Å²) in [7, 11) is 0. The van der Waals surface area contributed by atoms with E-state index in [1.807, 2.05) is 5.38 Å². The van der Waals surface area contributed by atoms with Gasteiger partial charge in [0.15, 0.2) is 0 Å². The van der Waals surface area contributed by atoms with Crippen molar-refractivity contribution in [2.45, 2.75) is 10.4 Å². The van der Waals surface area contributed by atoms with Crippen molar-refractivity contribution in [1.29, 1.82) is 0 Å². The molecule has 0 amide bonds. The standard InChI is InChI=1S/C6H9NO2S2/c8-3-5(9)4-11-6-7-1-2-10-6/h1-2,5,8-9H,3-4H2. The van der Waals surface area contributed by atoms with E-state index in [4.69, 9.17) is 10.2 Å². The van der Waals surface area contributed by atoms with E-state index in [-0.39, 0.29) is 6.61 Å². The second-order valence-electron chi connectivity index (χ2n) is 1.95. The van der Waals surface area contributed by atoms with Crippen LogP contribution in [0.1, 0.15) is 0 Å². The van der Waals surface area contributed by atoms with Crippen LogP contribution in [0, 0.1) is 0 Å². The zero-order valence-electron chi connectivity index (χ0n) is 5.80. The SMILES string of the molecule is OCC(O)CSc1nccs1. The van der Waals surface area contributed by atoms with Gasteiger partial charge in [0.2, 0.25) is 0 Å². The predicted octanol–water partition coefficient (Wildman–Crippen LogP) is 0.588. The third-order valence-corrected chi connectivity index (χ3v) is 3.13. The van der Waals surface area contributed by atoms with Gasteiger partial charge in [0.25, 0.3) is 0 Å². The lowest BCUT2D eigenvalue weighted by Gasteiger charge is -2.02. The minimum atomic E-state index is -0.635. The monoisotopic (exact) mass is 191 g/mol. The Morgan fingerprint density at radius 1 is 1.73 bits per heavy atom. The summed E-state index contributed by atoms with van der Waals surface area (Å²) in [6.07, 6.45) is 1.09. The Morgan fingerprint density at radius 3 is 3.09 bits per heavy atom. The van der Waals surface area contributed by atoms with Crippen molar-refractivity contribution in [3.05, 3.63) is 11.6 Å². The van der Waals surface area contributed by atoms with Gasteiger partial charge in [-0.15, -0.1) is 11.3 Å². The molecule has 1 heterocycles. The lowest BCUT2D eigenvalue weighted by molar-refractivity contribution is 0.113. The lowest BCUT2D eigenvalue weighted by atomic mass is 10.4. The minimum absolute atomic E-state index is 0.182. The molecule has 11 heavy (non-hydrogen) atoms. The highest BCUT2D eigenvalue weighted by molar-refractivity contribution is 8.01. The van der Waals surface area contributed by atoms with E-state index in [0.717, 1.165) is 4.34 Å². The molecule has 1 atom stereocenters. The quantitative estimate of drug-likeness (QED) is 0.684. The molecule has 1 unspecified atom stereocenters. The average Bonchev–Trinajstić information content (AvgIpc) is 2.52. The number of aliphatic hydroxyl groups excluding tert-OH is 2. The first-order chi connectivity index (χ1) is 5.33. The van der Waals surface area contributed by atoms with Crippen molar-refractivity contribution in [3.8, 4) is 0 Å². The fraction of sp³-hybridized carbons (Fsp3) is 0.500. The highest BCUT2D eigenvalue weighted by atomic mass is 32.2. The molecule has 0 fully saturated rings. The summed E-state index contributed by atoms with van der Waals surface area (Å²) < 4.78 is 0.928. The number of rotatable bonds is 4. The number of thioether (sulfide) groups is 1. The van der Waals surface area contributed by atoms with E-state index < -0.39 is 6.10 Å². The fourth-order valence-corrected chi connectivity index (χ4v) is 2.08. The van der Waals surface area contributed by atoms with Crippen LogP contribution in [0.4, 0.5) is 0 Å². The Bertz CT molecular complexity index is 190. The molecule has 5 heteroatoms. The van der Waals surface area contributed by atoms with Crippen LogP contribution in [0.25, 0.3) is 0 Å². The Kier molecular flexibility index (Phi) is 3.85. The van der Waals surface area contributed by atoms with Gasteiger partial charge >= 0.3 is 0 Å². The van der Waals surface area contributed by atoms with Gasteiger partial charge in [-0.25, -0.2) is 4.98 Å². The molecule has 0 aliphatic rings. The molecule has 0 aliphatic heterocycles. The largest absolute Gasteiger partial charge is 0.394 e. The first kappa shape index (κ1) is 8.99. The van der Waals surface area contributed by atoms with E-state index in [2.05, 4.69) is 4.98 Å². The number of nitrogens with zero attached hydrogens (tertiary/aromatic N) is 1. The molecule has 0 saturated carbocycles. The Balaban J connectivity index is 2.23. The summed E-state index contributed by atoms with van der Waals surface area (Å²) in [5, 5.41) is 19.3. The van der Waals surface area contributed by atoms with Crippen LogP contribution >= 0.6 is 23.1 Å².